The van der Waals surface area contributed by atoms with Gasteiger partial charge in [-0.15, -0.1) is 0 Å². The summed E-state index contributed by atoms with van der Waals surface area (Å²) in [7, 11) is 0. The molecule has 0 aliphatic rings. The van der Waals surface area contributed by atoms with E-state index >= 15 is 0 Å². The van der Waals surface area contributed by atoms with Gasteiger partial charge in [-0.25, -0.2) is 4.98 Å². The molecule has 0 saturated heterocycles. The predicted octanol–water partition coefficient (Wildman–Crippen LogP) is 14.3. The van der Waals surface area contributed by atoms with Crippen molar-refractivity contribution in [3.63, 3.8) is 0 Å². The molecule has 254 valence electrons. The van der Waals surface area contributed by atoms with Crippen molar-refractivity contribution in [2.24, 2.45) is 0 Å². The maximum atomic E-state index is 5.95. The maximum absolute atomic E-state index is 5.95. The fraction of sp³-hybridized carbons (Fsp3) is 0. The second-order valence-corrected chi connectivity index (χ2v) is 14.5. The molecular weight excluding hydrogens is 669 g/mol. The number of hydrogen-bond acceptors (Lipinski definition) is 3. The van der Waals surface area contributed by atoms with Crippen LogP contribution < -0.4 is 0 Å². The Morgan fingerprint density at radius 1 is 0.364 bits per heavy atom. The van der Waals surface area contributed by atoms with Gasteiger partial charge in [-0.3, -0.25) is 4.98 Å². The Bertz CT molecular complexity index is 3560. The molecule has 12 rings (SSSR count). The summed E-state index contributed by atoms with van der Waals surface area (Å²) in [6.45, 7) is 0. The molecule has 0 saturated carbocycles. The Hall–Kier alpha value is -7.36. The van der Waals surface area contributed by atoms with Gasteiger partial charge in [0.05, 0.1) is 0 Å². The molecule has 0 aliphatic heterocycles. The standard InChI is InChI=1S/C52H30N2O/c1-2-9-39-37(7-1)40-20-17-32(31-15-16-36-29-53-24-23-35(36)25-31)26-48(40)42-22-19-33(27-47(39)42)34-18-21-41-38-8-3-4-10-43(38)51-44(11-5-12-45(51)49(41)28-34)46-13-6-14-50-52(46)55-30-54-50/h1-30H. The molecule has 3 heteroatoms. The van der Waals surface area contributed by atoms with Gasteiger partial charge < -0.3 is 4.42 Å². The van der Waals surface area contributed by atoms with Crippen LogP contribution in [0.25, 0.3) is 120 Å². The molecule has 2 heterocycles. The van der Waals surface area contributed by atoms with Crippen molar-refractivity contribution in [2.45, 2.75) is 0 Å². The number of fused-ring (bicyclic) bond motifs is 14. The topological polar surface area (TPSA) is 38.9 Å². The smallest absolute Gasteiger partial charge is 0.182 e. The van der Waals surface area contributed by atoms with Crippen molar-refractivity contribution in [3.05, 3.63) is 183 Å². The quantitative estimate of drug-likeness (QED) is 0.172. The highest BCUT2D eigenvalue weighted by molar-refractivity contribution is 6.30. The van der Waals surface area contributed by atoms with Gasteiger partial charge in [-0.1, -0.05) is 127 Å². The Morgan fingerprint density at radius 2 is 0.873 bits per heavy atom. The molecule has 0 bridgehead atoms. The van der Waals surface area contributed by atoms with E-state index < -0.39 is 0 Å². The second-order valence-electron chi connectivity index (χ2n) is 14.5. The summed E-state index contributed by atoms with van der Waals surface area (Å²) in [6, 6.07) is 60.1. The largest absolute Gasteiger partial charge is 0.443 e. The van der Waals surface area contributed by atoms with Gasteiger partial charge in [0.2, 0.25) is 0 Å². The monoisotopic (exact) mass is 698 g/mol. The summed E-state index contributed by atoms with van der Waals surface area (Å²) >= 11 is 0. The van der Waals surface area contributed by atoms with Gasteiger partial charge >= 0.3 is 0 Å². The zero-order valence-electron chi connectivity index (χ0n) is 29.6. The van der Waals surface area contributed by atoms with Gasteiger partial charge in [0.15, 0.2) is 12.0 Å². The lowest BCUT2D eigenvalue weighted by molar-refractivity contribution is 0.603. The summed E-state index contributed by atoms with van der Waals surface area (Å²) in [5.74, 6) is 0. The van der Waals surface area contributed by atoms with Crippen LogP contribution in [-0.4, -0.2) is 9.97 Å². The Balaban J connectivity index is 1.08. The number of hydrogen-bond donors (Lipinski definition) is 0. The van der Waals surface area contributed by atoms with Gasteiger partial charge in [0, 0.05) is 23.3 Å². The summed E-state index contributed by atoms with van der Waals surface area (Å²) in [4.78, 5) is 8.76. The summed E-state index contributed by atoms with van der Waals surface area (Å²) in [5.41, 5.74) is 8.67. The molecule has 10 aromatic carbocycles. The van der Waals surface area contributed by atoms with E-state index in [0.717, 1.165) is 27.6 Å². The molecule has 0 radical (unpaired) electrons. The number of oxazole rings is 1. The molecule has 0 atom stereocenters. The van der Waals surface area contributed by atoms with E-state index in [2.05, 4.69) is 168 Å². The zero-order valence-corrected chi connectivity index (χ0v) is 29.6. The average molecular weight is 699 g/mol. The van der Waals surface area contributed by atoms with Crippen molar-refractivity contribution >= 4 is 86.5 Å². The van der Waals surface area contributed by atoms with Crippen LogP contribution in [0.5, 0.6) is 0 Å². The fourth-order valence-electron chi connectivity index (χ4n) is 9.09. The highest BCUT2D eigenvalue weighted by atomic mass is 16.3. The van der Waals surface area contributed by atoms with E-state index in [1.165, 1.54) is 98.7 Å². The third-order valence-corrected chi connectivity index (χ3v) is 11.7. The van der Waals surface area contributed by atoms with Crippen molar-refractivity contribution in [3.8, 4) is 33.4 Å². The van der Waals surface area contributed by atoms with Gasteiger partial charge in [-0.05, 0) is 134 Å². The lowest BCUT2D eigenvalue weighted by atomic mass is 9.87. The molecule has 12 aromatic rings. The van der Waals surface area contributed by atoms with Crippen molar-refractivity contribution in [1.82, 2.24) is 9.97 Å². The number of rotatable bonds is 3. The van der Waals surface area contributed by atoms with Crippen LogP contribution in [0.15, 0.2) is 187 Å². The van der Waals surface area contributed by atoms with Crippen LogP contribution in [0.3, 0.4) is 0 Å². The first kappa shape index (κ1) is 30.1. The van der Waals surface area contributed by atoms with Gasteiger partial charge in [-0.2, -0.15) is 0 Å². The molecule has 0 spiro atoms. The van der Waals surface area contributed by atoms with Crippen LogP contribution >= 0.6 is 0 Å². The Labute approximate surface area is 315 Å². The normalized spacial score (nSPS) is 12.0. The molecule has 55 heavy (non-hydrogen) atoms. The first-order valence-electron chi connectivity index (χ1n) is 18.7. The van der Waals surface area contributed by atoms with Crippen LogP contribution in [-0.2, 0) is 0 Å². The molecule has 2 aromatic heterocycles. The van der Waals surface area contributed by atoms with Gasteiger partial charge in [0.25, 0.3) is 0 Å². The summed E-state index contributed by atoms with van der Waals surface area (Å²) < 4.78 is 5.95. The highest BCUT2D eigenvalue weighted by Gasteiger charge is 2.17. The zero-order chi connectivity index (χ0) is 36.0. The van der Waals surface area contributed by atoms with Crippen LogP contribution in [0, 0.1) is 0 Å². The van der Waals surface area contributed by atoms with E-state index in [1.807, 2.05) is 18.5 Å². The Morgan fingerprint density at radius 3 is 1.60 bits per heavy atom. The maximum Gasteiger partial charge on any atom is 0.182 e. The van der Waals surface area contributed by atoms with E-state index in [1.54, 1.807) is 0 Å². The average Bonchev–Trinajstić information content (AvgIpc) is 3.75. The number of aromatic nitrogens is 2. The van der Waals surface area contributed by atoms with Crippen LogP contribution in [0.1, 0.15) is 0 Å². The molecule has 0 fully saturated rings. The first-order chi connectivity index (χ1) is 27.3. The van der Waals surface area contributed by atoms with E-state index in [4.69, 9.17) is 4.42 Å². The summed E-state index contributed by atoms with van der Waals surface area (Å²) in [5, 5.41) is 17.3. The number of pyridine rings is 1. The fourth-order valence-corrected chi connectivity index (χ4v) is 9.09. The molecule has 0 aliphatic carbocycles. The predicted molar refractivity (Wildman–Crippen MR) is 231 cm³/mol. The third kappa shape index (κ3) is 4.50. The SMILES string of the molecule is c1cc(-c2cccc3c4cc(-c5ccc6c7cc(-c8ccc9cnccc9c8)ccc7c7ccccc7c6c5)ccc4c4ccccc4c23)c2ocnc2c1. The number of benzene rings is 10. The molecular formula is C52H30N2O. The lowest BCUT2D eigenvalue weighted by Gasteiger charge is -2.16. The van der Waals surface area contributed by atoms with Gasteiger partial charge in [0.1, 0.15) is 5.52 Å². The minimum Gasteiger partial charge on any atom is -0.443 e. The Kier molecular flexibility index (Phi) is 6.34. The van der Waals surface area contributed by atoms with Crippen molar-refractivity contribution in [1.29, 1.82) is 0 Å². The molecule has 0 N–H and O–H groups in total. The van der Waals surface area contributed by atoms with E-state index in [9.17, 15) is 0 Å². The lowest BCUT2D eigenvalue weighted by Crippen LogP contribution is -1.89. The number of nitrogens with zero attached hydrogens (tertiary/aromatic N) is 2. The van der Waals surface area contributed by atoms with Crippen molar-refractivity contribution < 1.29 is 4.42 Å². The molecule has 3 nitrogen and oxygen atoms in total. The first-order valence-corrected chi connectivity index (χ1v) is 18.7. The van der Waals surface area contributed by atoms with E-state index in [0.29, 0.717) is 0 Å². The second kappa shape index (κ2) is 11.6. The third-order valence-electron chi connectivity index (χ3n) is 11.7. The molecule has 0 unspecified atom stereocenters. The van der Waals surface area contributed by atoms with Crippen molar-refractivity contribution in [2.75, 3.05) is 0 Å². The molecule has 0 amide bonds. The van der Waals surface area contributed by atoms with E-state index in [-0.39, 0.29) is 0 Å². The summed E-state index contributed by atoms with van der Waals surface area (Å²) in [6.07, 6.45) is 5.33. The highest BCUT2D eigenvalue weighted by Crippen LogP contribution is 2.44. The minimum absolute atomic E-state index is 0.811. The van der Waals surface area contributed by atoms with Crippen LogP contribution in [0.2, 0.25) is 0 Å². The van der Waals surface area contributed by atoms with Crippen LogP contribution in [0.4, 0.5) is 0 Å². The minimum atomic E-state index is 0.811. The number of para-hydroxylation sites is 1.